The molecule has 3 aromatic rings. The summed E-state index contributed by atoms with van der Waals surface area (Å²) in [6, 6.07) is 14.7. The molecule has 1 aliphatic rings. The zero-order valence-corrected chi connectivity index (χ0v) is 19.3. The zero-order chi connectivity index (χ0) is 24.3. The van der Waals surface area contributed by atoms with Gasteiger partial charge in [0.25, 0.3) is 5.91 Å². The predicted molar refractivity (Wildman–Crippen MR) is 122 cm³/mol. The van der Waals surface area contributed by atoms with Gasteiger partial charge in [-0.15, -0.1) is 0 Å². The maximum atomic E-state index is 14.0. The number of carbonyl (C=O) groups excluding carboxylic acids is 1. The van der Waals surface area contributed by atoms with Crippen LogP contribution in [0.5, 0.6) is 17.2 Å². The molecule has 0 aromatic heterocycles. The molecule has 3 aromatic carbocycles. The number of carbonyl (C=O) groups is 1. The standard InChI is InChI=1S/C24H23FN2O6S/c1-15(17-7-9-21(31-2)20(25)12-17)27-24(28)18-4-3-5-19(11-18)34(29,30)26-13-16-6-8-22-23(10-16)33-14-32-22/h3-12,15,26H,13-14H2,1-2H3,(H,27,28). The molecule has 0 aliphatic carbocycles. The molecular formula is C24H23FN2O6S. The SMILES string of the molecule is COc1ccc(C(C)NC(=O)c2cccc(S(=O)(=O)NCc3ccc4c(c3)OCO4)c2)cc1F. The van der Waals surface area contributed by atoms with Crippen LogP contribution in [0, 0.1) is 5.82 Å². The number of amides is 1. The second-order valence-corrected chi connectivity index (χ2v) is 9.40. The van der Waals surface area contributed by atoms with Crippen LogP contribution >= 0.6 is 0 Å². The Morgan fingerprint density at radius 2 is 1.88 bits per heavy atom. The molecule has 0 fully saturated rings. The van der Waals surface area contributed by atoms with Crippen LogP contribution in [0.4, 0.5) is 4.39 Å². The van der Waals surface area contributed by atoms with Gasteiger partial charge in [0.1, 0.15) is 0 Å². The first-order valence-electron chi connectivity index (χ1n) is 10.4. The molecule has 1 atom stereocenters. The van der Waals surface area contributed by atoms with Gasteiger partial charge in [-0.1, -0.05) is 18.2 Å². The molecule has 1 heterocycles. The summed E-state index contributed by atoms with van der Waals surface area (Å²) in [5.41, 5.74) is 1.40. The van der Waals surface area contributed by atoms with E-state index in [2.05, 4.69) is 10.0 Å². The number of benzene rings is 3. The van der Waals surface area contributed by atoms with Gasteiger partial charge in [0, 0.05) is 12.1 Å². The van der Waals surface area contributed by atoms with Gasteiger partial charge in [0.2, 0.25) is 16.8 Å². The topological polar surface area (TPSA) is 103 Å². The molecular weight excluding hydrogens is 463 g/mol. The first-order valence-corrected chi connectivity index (χ1v) is 11.9. The lowest BCUT2D eigenvalue weighted by atomic mass is 10.1. The first-order chi connectivity index (χ1) is 16.3. The van der Waals surface area contributed by atoms with Crippen molar-refractivity contribution in [2.24, 2.45) is 0 Å². The number of sulfonamides is 1. The van der Waals surface area contributed by atoms with Crippen molar-refractivity contribution in [3.05, 3.63) is 83.2 Å². The number of hydrogen-bond donors (Lipinski definition) is 2. The molecule has 1 amide bonds. The summed E-state index contributed by atoms with van der Waals surface area (Å²) < 4.78 is 57.6. The maximum Gasteiger partial charge on any atom is 0.251 e. The van der Waals surface area contributed by atoms with E-state index in [4.69, 9.17) is 14.2 Å². The molecule has 4 rings (SSSR count). The summed E-state index contributed by atoms with van der Waals surface area (Å²) in [5, 5.41) is 2.75. The Morgan fingerprint density at radius 1 is 1.09 bits per heavy atom. The highest BCUT2D eigenvalue weighted by Gasteiger charge is 2.19. The van der Waals surface area contributed by atoms with Crippen LogP contribution in [-0.4, -0.2) is 28.2 Å². The number of fused-ring (bicyclic) bond motifs is 1. The van der Waals surface area contributed by atoms with E-state index >= 15 is 0 Å². The molecule has 10 heteroatoms. The lowest BCUT2D eigenvalue weighted by Crippen LogP contribution is -2.27. The Kier molecular flexibility index (Phi) is 6.71. The fourth-order valence-corrected chi connectivity index (χ4v) is 4.50. The fraction of sp³-hybridized carbons (Fsp3) is 0.208. The minimum atomic E-state index is -3.89. The van der Waals surface area contributed by atoms with Gasteiger partial charge in [-0.2, -0.15) is 0 Å². The van der Waals surface area contributed by atoms with Gasteiger partial charge in [-0.05, 0) is 60.5 Å². The van der Waals surface area contributed by atoms with Crippen molar-refractivity contribution in [2.75, 3.05) is 13.9 Å². The molecule has 178 valence electrons. The Hall–Kier alpha value is -3.63. The molecule has 8 nitrogen and oxygen atoms in total. The van der Waals surface area contributed by atoms with Crippen LogP contribution in [0.2, 0.25) is 0 Å². The molecule has 1 unspecified atom stereocenters. The molecule has 1 aliphatic heterocycles. The maximum absolute atomic E-state index is 14.0. The van der Waals surface area contributed by atoms with Crippen molar-refractivity contribution in [3.63, 3.8) is 0 Å². The van der Waals surface area contributed by atoms with Crippen LogP contribution in [0.25, 0.3) is 0 Å². The average molecular weight is 487 g/mol. The monoisotopic (exact) mass is 486 g/mol. The minimum absolute atomic E-state index is 0.0372. The third-order valence-corrected chi connectivity index (χ3v) is 6.73. The molecule has 0 spiro atoms. The van der Waals surface area contributed by atoms with Crippen LogP contribution < -0.4 is 24.2 Å². The molecule has 34 heavy (non-hydrogen) atoms. The number of nitrogens with one attached hydrogen (secondary N) is 2. The van der Waals surface area contributed by atoms with E-state index < -0.39 is 27.8 Å². The van der Waals surface area contributed by atoms with Crippen molar-refractivity contribution in [3.8, 4) is 17.2 Å². The summed E-state index contributed by atoms with van der Waals surface area (Å²) in [6.07, 6.45) is 0. The minimum Gasteiger partial charge on any atom is -0.494 e. The number of hydrogen-bond acceptors (Lipinski definition) is 6. The lowest BCUT2D eigenvalue weighted by Gasteiger charge is -2.16. The lowest BCUT2D eigenvalue weighted by molar-refractivity contribution is 0.0939. The van der Waals surface area contributed by atoms with Gasteiger partial charge in [-0.25, -0.2) is 17.5 Å². The molecule has 2 N–H and O–H groups in total. The van der Waals surface area contributed by atoms with E-state index in [-0.39, 0.29) is 29.5 Å². The van der Waals surface area contributed by atoms with Gasteiger partial charge >= 0.3 is 0 Å². The summed E-state index contributed by atoms with van der Waals surface area (Å²) in [4.78, 5) is 12.7. The number of methoxy groups -OCH3 is 1. The van der Waals surface area contributed by atoms with Gasteiger partial charge < -0.3 is 19.5 Å². The van der Waals surface area contributed by atoms with E-state index in [1.165, 1.54) is 43.5 Å². The third-order valence-electron chi connectivity index (χ3n) is 5.33. The number of ether oxygens (including phenoxy) is 3. The summed E-state index contributed by atoms with van der Waals surface area (Å²) in [5.74, 6) is 0.242. The van der Waals surface area contributed by atoms with Crippen molar-refractivity contribution < 1.29 is 31.8 Å². The Balaban J connectivity index is 1.43. The van der Waals surface area contributed by atoms with E-state index in [0.717, 1.165) is 0 Å². The quantitative estimate of drug-likeness (QED) is 0.505. The zero-order valence-electron chi connectivity index (χ0n) is 18.5. The molecule has 0 bridgehead atoms. The summed E-state index contributed by atoms with van der Waals surface area (Å²) in [6.45, 7) is 1.87. The van der Waals surface area contributed by atoms with E-state index in [1.54, 1.807) is 31.2 Å². The van der Waals surface area contributed by atoms with Gasteiger partial charge in [-0.3, -0.25) is 4.79 Å². The highest BCUT2D eigenvalue weighted by atomic mass is 32.2. The van der Waals surface area contributed by atoms with Crippen LogP contribution in [0.1, 0.15) is 34.5 Å². The summed E-state index contributed by atoms with van der Waals surface area (Å²) in [7, 11) is -2.52. The molecule has 0 saturated carbocycles. The van der Waals surface area contributed by atoms with Crippen LogP contribution in [0.15, 0.2) is 65.6 Å². The molecule has 0 radical (unpaired) electrons. The summed E-state index contributed by atoms with van der Waals surface area (Å²) >= 11 is 0. The number of rotatable bonds is 8. The van der Waals surface area contributed by atoms with Crippen molar-refractivity contribution in [1.82, 2.24) is 10.0 Å². The van der Waals surface area contributed by atoms with E-state index in [1.807, 2.05) is 0 Å². The first kappa shape index (κ1) is 23.5. The highest BCUT2D eigenvalue weighted by Crippen LogP contribution is 2.32. The Labute approximate surface area is 196 Å². The Morgan fingerprint density at radius 3 is 2.65 bits per heavy atom. The Bertz CT molecular complexity index is 1330. The third kappa shape index (κ3) is 5.13. The van der Waals surface area contributed by atoms with Gasteiger partial charge in [0.05, 0.1) is 18.0 Å². The smallest absolute Gasteiger partial charge is 0.251 e. The second kappa shape index (κ2) is 9.70. The predicted octanol–water partition coefficient (Wildman–Crippen LogP) is 3.53. The fourth-order valence-electron chi connectivity index (χ4n) is 3.43. The highest BCUT2D eigenvalue weighted by molar-refractivity contribution is 7.89. The van der Waals surface area contributed by atoms with Crippen LogP contribution in [-0.2, 0) is 16.6 Å². The van der Waals surface area contributed by atoms with Crippen LogP contribution in [0.3, 0.4) is 0 Å². The largest absolute Gasteiger partial charge is 0.494 e. The van der Waals surface area contributed by atoms with Gasteiger partial charge in [0.15, 0.2) is 23.1 Å². The van der Waals surface area contributed by atoms with Crippen molar-refractivity contribution in [1.29, 1.82) is 0 Å². The second-order valence-electron chi connectivity index (χ2n) is 7.63. The van der Waals surface area contributed by atoms with Crippen molar-refractivity contribution in [2.45, 2.75) is 24.4 Å². The number of halogens is 1. The van der Waals surface area contributed by atoms with E-state index in [0.29, 0.717) is 22.6 Å². The molecule has 0 saturated heterocycles. The normalized spacial score (nSPS) is 13.4. The van der Waals surface area contributed by atoms with E-state index in [9.17, 15) is 17.6 Å². The average Bonchev–Trinajstić information content (AvgIpc) is 3.31. The van der Waals surface area contributed by atoms with Crippen molar-refractivity contribution >= 4 is 15.9 Å².